The van der Waals surface area contributed by atoms with Crippen molar-refractivity contribution in [2.24, 2.45) is 5.92 Å². The maximum atomic E-state index is 12.3. The molecule has 1 heterocycles. The molecule has 21 heavy (non-hydrogen) atoms. The third kappa shape index (κ3) is 3.35. The zero-order valence-electron chi connectivity index (χ0n) is 12.5. The standard InChI is InChI=1S/C16H22N2O3/c1-3-13-11-17(14-7-5-4-6-8-14)9-10-18(13)15(19)12(2)16(20)21/h4-8,12-13H,3,9-11H2,1-2H3,(H,20,21)/t12-,13+/m1/s1. The van der Waals surface area contributed by atoms with Crippen molar-refractivity contribution in [1.82, 2.24) is 4.90 Å². The Bertz CT molecular complexity index is 504. The summed E-state index contributed by atoms with van der Waals surface area (Å²) in [4.78, 5) is 27.3. The number of amides is 1. The third-order valence-electron chi connectivity index (χ3n) is 4.10. The molecule has 0 spiro atoms. The van der Waals surface area contributed by atoms with Crippen molar-refractivity contribution in [3.63, 3.8) is 0 Å². The first kappa shape index (κ1) is 15.4. The lowest BCUT2D eigenvalue weighted by atomic mass is 10.0. The number of para-hydroxylation sites is 1. The lowest BCUT2D eigenvalue weighted by Crippen LogP contribution is -2.56. The molecule has 2 rings (SSSR count). The van der Waals surface area contributed by atoms with Gasteiger partial charge in [-0.25, -0.2) is 0 Å². The molecule has 1 aromatic carbocycles. The molecule has 0 radical (unpaired) electrons. The Hall–Kier alpha value is -2.04. The summed E-state index contributed by atoms with van der Waals surface area (Å²) in [5, 5.41) is 9.01. The Morgan fingerprint density at radius 2 is 1.95 bits per heavy atom. The Balaban J connectivity index is 2.09. The summed E-state index contributed by atoms with van der Waals surface area (Å²) in [7, 11) is 0. The zero-order valence-corrected chi connectivity index (χ0v) is 12.5. The van der Waals surface area contributed by atoms with E-state index in [9.17, 15) is 9.59 Å². The number of benzene rings is 1. The predicted octanol–water partition coefficient (Wildman–Crippen LogP) is 1.83. The van der Waals surface area contributed by atoms with E-state index >= 15 is 0 Å². The molecule has 0 aromatic heterocycles. The number of hydrogen-bond donors (Lipinski definition) is 1. The summed E-state index contributed by atoms with van der Waals surface area (Å²) in [6.07, 6.45) is 0.821. The number of piperazine rings is 1. The highest BCUT2D eigenvalue weighted by Crippen LogP contribution is 2.21. The van der Waals surface area contributed by atoms with Gasteiger partial charge in [-0.1, -0.05) is 25.1 Å². The van der Waals surface area contributed by atoms with E-state index in [4.69, 9.17) is 5.11 Å². The zero-order chi connectivity index (χ0) is 15.4. The molecule has 1 aliphatic heterocycles. The quantitative estimate of drug-likeness (QED) is 0.860. The average molecular weight is 290 g/mol. The number of carbonyl (C=O) groups excluding carboxylic acids is 1. The van der Waals surface area contributed by atoms with Crippen molar-refractivity contribution < 1.29 is 14.7 Å². The molecule has 0 saturated carbocycles. The van der Waals surface area contributed by atoms with Gasteiger partial charge in [-0.3, -0.25) is 9.59 Å². The largest absolute Gasteiger partial charge is 0.481 e. The van der Waals surface area contributed by atoms with E-state index in [0.29, 0.717) is 6.54 Å². The molecule has 1 aliphatic rings. The Kier molecular flexibility index (Phi) is 4.83. The van der Waals surface area contributed by atoms with E-state index in [-0.39, 0.29) is 11.9 Å². The monoisotopic (exact) mass is 290 g/mol. The van der Waals surface area contributed by atoms with Gasteiger partial charge >= 0.3 is 5.97 Å². The molecular weight excluding hydrogens is 268 g/mol. The highest BCUT2D eigenvalue weighted by atomic mass is 16.4. The first-order chi connectivity index (χ1) is 10.0. The Morgan fingerprint density at radius 3 is 2.52 bits per heavy atom. The van der Waals surface area contributed by atoms with Gasteiger partial charge in [0.15, 0.2) is 0 Å². The Morgan fingerprint density at radius 1 is 1.29 bits per heavy atom. The molecule has 5 heteroatoms. The minimum atomic E-state index is -1.06. The average Bonchev–Trinajstić information content (AvgIpc) is 2.53. The second-order valence-electron chi connectivity index (χ2n) is 5.44. The molecule has 1 N–H and O–H groups in total. The van der Waals surface area contributed by atoms with Crippen LogP contribution in [0.25, 0.3) is 0 Å². The number of carboxylic acid groups (broad SMARTS) is 1. The van der Waals surface area contributed by atoms with Crippen molar-refractivity contribution in [3.05, 3.63) is 30.3 Å². The maximum Gasteiger partial charge on any atom is 0.315 e. The van der Waals surface area contributed by atoms with Crippen LogP contribution in [0.3, 0.4) is 0 Å². The molecule has 0 bridgehead atoms. The molecular formula is C16H22N2O3. The van der Waals surface area contributed by atoms with Crippen LogP contribution in [0.15, 0.2) is 30.3 Å². The van der Waals surface area contributed by atoms with Gasteiger partial charge < -0.3 is 14.9 Å². The number of carboxylic acids is 1. The third-order valence-corrected chi connectivity index (χ3v) is 4.10. The summed E-state index contributed by atoms with van der Waals surface area (Å²) >= 11 is 0. The summed E-state index contributed by atoms with van der Waals surface area (Å²) in [5.41, 5.74) is 1.15. The normalized spacial score (nSPS) is 20.2. The molecule has 0 aliphatic carbocycles. The molecule has 5 nitrogen and oxygen atoms in total. The number of hydrogen-bond acceptors (Lipinski definition) is 3. The van der Waals surface area contributed by atoms with E-state index in [2.05, 4.69) is 17.0 Å². The highest BCUT2D eigenvalue weighted by Gasteiger charge is 2.34. The summed E-state index contributed by atoms with van der Waals surface area (Å²) < 4.78 is 0. The second-order valence-corrected chi connectivity index (χ2v) is 5.44. The van der Waals surface area contributed by atoms with E-state index in [1.807, 2.05) is 25.1 Å². The first-order valence-electron chi connectivity index (χ1n) is 7.37. The van der Waals surface area contributed by atoms with E-state index in [1.165, 1.54) is 6.92 Å². The lowest BCUT2D eigenvalue weighted by Gasteiger charge is -2.42. The second kappa shape index (κ2) is 6.61. The van der Waals surface area contributed by atoms with Crippen LogP contribution in [0, 0.1) is 5.92 Å². The van der Waals surface area contributed by atoms with Crippen molar-refractivity contribution in [2.75, 3.05) is 24.5 Å². The molecule has 1 amide bonds. The van der Waals surface area contributed by atoms with Crippen LogP contribution in [-0.2, 0) is 9.59 Å². The summed E-state index contributed by atoms with van der Waals surface area (Å²) in [6.45, 7) is 5.55. The van der Waals surface area contributed by atoms with Crippen LogP contribution in [0.4, 0.5) is 5.69 Å². The smallest absolute Gasteiger partial charge is 0.315 e. The van der Waals surface area contributed by atoms with E-state index in [1.54, 1.807) is 4.90 Å². The molecule has 0 unspecified atom stereocenters. The fraction of sp³-hybridized carbons (Fsp3) is 0.500. The topological polar surface area (TPSA) is 60.9 Å². The SMILES string of the molecule is CC[C@H]1CN(c2ccccc2)CCN1C(=O)[C@@H](C)C(=O)O. The minimum absolute atomic E-state index is 0.0632. The van der Waals surface area contributed by atoms with Crippen molar-refractivity contribution in [2.45, 2.75) is 26.3 Å². The van der Waals surface area contributed by atoms with Crippen molar-refractivity contribution in [3.8, 4) is 0 Å². The van der Waals surface area contributed by atoms with Gasteiger partial charge in [0.1, 0.15) is 5.92 Å². The van der Waals surface area contributed by atoms with Crippen LogP contribution < -0.4 is 4.90 Å². The lowest BCUT2D eigenvalue weighted by molar-refractivity contribution is -0.151. The fourth-order valence-electron chi connectivity index (χ4n) is 2.72. The molecule has 2 atom stereocenters. The first-order valence-corrected chi connectivity index (χ1v) is 7.37. The van der Waals surface area contributed by atoms with Crippen LogP contribution >= 0.6 is 0 Å². The van der Waals surface area contributed by atoms with Crippen molar-refractivity contribution in [1.29, 1.82) is 0 Å². The minimum Gasteiger partial charge on any atom is -0.481 e. The predicted molar refractivity (Wildman–Crippen MR) is 81.2 cm³/mol. The number of carbonyl (C=O) groups is 2. The van der Waals surface area contributed by atoms with Crippen LogP contribution in [0.2, 0.25) is 0 Å². The molecule has 1 fully saturated rings. The van der Waals surface area contributed by atoms with Gasteiger partial charge in [-0.05, 0) is 25.5 Å². The highest BCUT2D eigenvalue weighted by molar-refractivity contribution is 5.96. The maximum absolute atomic E-state index is 12.3. The van der Waals surface area contributed by atoms with E-state index in [0.717, 1.165) is 25.2 Å². The van der Waals surface area contributed by atoms with Crippen LogP contribution in [-0.4, -0.2) is 47.6 Å². The number of anilines is 1. The molecule has 1 saturated heterocycles. The van der Waals surface area contributed by atoms with Gasteiger partial charge in [-0.2, -0.15) is 0 Å². The van der Waals surface area contributed by atoms with Crippen molar-refractivity contribution >= 4 is 17.6 Å². The van der Waals surface area contributed by atoms with Crippen LogP contribution in [0.1, 0.15) is 20.3 Å². The molecule has 114 valence electrons. The van der Waals surface area contributed by atoms with Crippen LogP contribution in [0.5, 0.6) is 0 Å². The van der Waals surface area contributed by atoms with Gasteiger partial charge in [0.25, 0.3) is 0 Å². The number of nitrogens with zero attached hydrogens (tertiary/aromatic N) is 2. The molecule has 1 aromatic rings. The summed E-state index contributed by atoms with van der Waals surface area (Å²) in [6, 6.07) is 10.2. The number of aliphatic carboxylic acids is 1. The van der Waals surface area contributed by atoms with Gasteiger partial charge in [-0.15, -0.1) is 0 Å². The fourth-order valence-corrected chi connectivity index (χ4v) is 2.72. The van der Waals surface area contributed by atoms with Gasteiger partial charge in [0.2, 0.25) is 5.91 Å². The van der Waals surface area contributed by atoms with E-state index < -0.39 is 11.9 Å². The summed E-state index contributed by atoms with van der Waals surface area (Å²) in [5.74, 6) is -2.30. The van der Waals surface area contributed by atoms with Gasteiger partial charge in [0, 0.05) is 31.4 Å². The van der Waals surface area contributed by atoms with Gasteiger partial charge in [0.05, 0.1) is 0 Å². The Labute approximate surface area is 125 Å². The number of rotatable bonds is 4.